The summed E-state index contributed by atoms with van der Waals surface area (Å²) < 4.78 is 0. The van der Waals surface area contributed by atoms with E-state index in [-0.39, 0.29) is 17.1 Å². The molecule has 3 nitrogen and oxygen atoms in total. The minimum Gasteiger partial charge on any atom is -0.508 e. The van der Waals surface area contributed by atoms with Gasteiger partial charge in [-0.2, -0.15) is 0 Å². The zero-order chi connectivity index (χ0) is 12.5. The van der Waals surface area contributed by atoms with E-state index < -0.39 is 0 Å². The Balaban J connectivity index is 3.24. The lowest BCUT2D eigenvalue weighted by molar-refractivity contribution is 0.0827. The minimum absolute atomic E-state index is 0.0833. The molecular formula is C13H19NO2. The first-order valence-corrected chi connectivity index (χ1v) is 5.28. The van der Waals surface area contributed by atoms with Crippen LogP contribution in [0.25, 0.3) is 0 Å². The molecule has 0 saturated carbocycles. The maximum absolute atomic E-state index is 11.8. The molecule has 0 atom stereocenters. The van der Waals surface area contributed by atoms with E-state index in [2.05, 4.69) is 0 Å². The third-order valence-electron chi connectivity index (χ3n) is 2.44. The first kappa shape index (κ1) is 12.6. The highest BCUT2D eigenvalue weighted by Gasteiger charge is 2.18. The van der Waals surface area contributed by atoms with E-state index in [0.29, 0.717) is 5.56 Å². The Bertz CT molecular complexity index is 403. The summed E-state index contributed by atoms with van der Waals surface area (Å²) in [4.78, 5) is 13.3. The molecule has 0 aliphatic heterocycles. The first-order valence-electron chi connectivity index (χ1n) is 5.28. The zero-order valence-electron chi connectivity index (χ0n) is 10.5. The molecule has 3 heteroatoms. The molecule has 0 saturated heterocycles. The number of benzene rings is 1. The number of hydrogen-bond acceptors (Lipinski definition) is 2. The van der Waals surface area contributed by atoms with E-state index in [4.69, 9.17) is 0 Å². The van der Waals surface area contributed by atoms with Gasteiger partial charge in [0.2, 0.25) is 0 Å². The Morgan fingerprint density at radius 3 is 2.19 bits per heavy atom. The molecule has 0 radical (unpaired) electrons. The van der Waals surface area contributed by atoms with Gasteiger partial charge in [0.05, 0.1) is 0 Å². The highest BCUT2D eigenvalue weighted by Crippen LogP contribution is 2.27. The molecule has 0 aliphatic rings. The number of carbonyl (C=O) groups excluding carboxylic acids is 1. The van der Waals surface area contributed by atoms with Crippen molar-refractivity contribution in [2.75, 3.05) is 14.1 Å². The average Bonchev–Trinajstić information content (AvgIpc) is 2.14. The highest BCUT2D eigenvalue weighted by molar-refractivity contribution is 5.94. The third kappa shape index (κ3) is 2.75. The molecule has 88 valence electrons. The monoisotopic (exact) mass is 221 g/mol. The van der Waals surface area contributed by atoms with E-state index in [9.17, 15) is 9.90 Å². The Kier molecular flexibility index (Phi) is 3.27. The van der Waals surface area contributed by atoms with Crippen LogP contribution >= 0.6 is 0 Å². The largest absolute Gasteiger partial charge is 0.508 e. The van der Waals surface area contributed by atoms with Crippen molar-refractivity contribution in [3.8, 4) is 5.75 Å². The van der Waals surface area contributed by atoms with Crippen molar-refractivity contribution in [2.45, 2.75) is 26.2 Å². The lowest BCUT2D eigenvalue weighted by Crippen LogP contribution is -2.22. The van der Waals surface area contributed by atoms with Crippen molar-refractivity contribution in [2.24, 2.45) is 0 Å². The minimum atomic E-state index is -0.0959. The molecular weight excluding hydrogens is 202 g/mol. The average molecular weight is 221 g/mol. The summed E-state index contributed by atoms with van der Waals surface area (Å²) in [6.07, 6.45) is 0. The number of amides is 1. The quantitative estimate of drug-likeness (QED) is 0.791. The Hall–Kier alpha value is -1.51. The SMILES string of the molecule is CN(C)C(=O)c1cc(O)cc(C(C)(C)C)c1. The second kappa shape index (κ2) is 4.16. The fourth-order valence-electron chi connectivity index (χ4n) is 1.43. The van der Waals surface area contributed by atoms with Gasteiger partial charge in [-0.1, -0.05) is 20.8 Å². The van der Waals surface area contributed by atoms with Gasteiger partial charge in [0.15, 0.2) is 0 Å². The Labute approximate surface area is 96.7 Å². The van der Waals surface area contributed by atoms with Crippen LogP contribution in [0.1, 0.15) is 36.7 Å². The number of phenolic OH excluding ortho intramolecular Hbond substituents is 1. The van der Waals surface area contributed by atoms with Gasteiger partial charge in [-0.15, -0.1) is 0 Å². The zero-order valence-corrected chi connectivity index (χ0v) is 10.5. The summed E-state index contributed by atoms with van der Waals surface area (Å²) in [6.45, 7) is 6.14. The first-order chi connectivity index (χ1) is 7.21. The number of nitrogens with zero attached hydrogens (tertiary/aromatic N) is 1. The highest BCUT2D eigenvalue weighted by atomic mass is 16.3. The molecule has 1 N–H and O–H groups in total. The van der Waals surface area contributed by atoms with Crippen molar-refractivity contribution in [3.63, 3.8) is 0 Å². The third-order valence-corrected chi connectivity index (χ3v) is 2.44. The Morgan fingerprint density at radius 1 is 1.19 bits per heavy atom. The normalized spacial score (nSPS) is 11.3. The van der Waals surface area contributed by atoms with Crippen LogP contribution in [0.4, 0.5) is 0 Å². The van der Waals surface area contributed by atoms with Gasteiger partial charge in [-0.3, -0.25) is 4.79 Å². The summed E-state index contributed by atoms with van der Waals surface area (Å²) in [7, 11) is 3.40. The maximum atomic E-state index is 11.8. The van der Waals surface area contributed by atoms with Crippen molar-refractivity contribution in [1.29, 1.82) is 0 Å². The molecule has 0 spiro atoms. The van der Waals surface area contributed by atoms with Crippen LogP contribution in [0.15, 0.2) is 18.2 Å². The van der Waals surface area contributed by atoms with Crippen molar-refractivity contribution in [1.82, 2.24) is 4.90 Å². The van der Waals surface area contributed by atoms with E-state index >= 15 is 0 Å². The van der Waals surface area contributed by atoms with Crippen LogP contribution in [0, 0.1) is 0 Å². The van der Waals surface area contributed by atoms with Gasteiger partial charge in [0.25, 0.3) is 5.91 Å². The summed E-state index contributed by atoms with van der Waals surface area (Å²) in [5.41, 5.74) is 1.40. The Morgan fingerprint density at radius 2 is 1.75 bits per heavy atom. The molecule has 0 heterocycles. The number of aromatic hydroxyl groups is 1. The van der Waals surface area contributed by atoms with Gasteiger partial charge in [0, 0.05) is 19.7 Å². The van der Waals surface area contributed by atoms with Gasteiger partial charge in [-0.05, 0) is 29.2 Å². The summed E-state index contributed by atoms with van der Waals surface area (Å²) in [6, 6.07) is 5.03. The van der Waals surface area contributed by atoms with Crippen LogP contribution < -0.4 is 0 Å². The second-order valence-electron chi connectivity index (χ2n) is 5.22. The summed E-state index contributed by atoms with van der Waals surface area (Å²) >= 11 is 0. The molecule has 16 heavy (non-hydrogen) atoms. The molecule has 0 unspecified atom stereocenters. The molecule has 1 amide bonds. The summed E-state index contributed by atoms with van der Waals surface area (Å²) in [5, 5.41) is 9.62. The number of rotatable bonds is 1. The molecule has 1 aromatic carbocycles. The van der Waals surface area contributed by atoms with E-state index in [1.165, 1.54) is 11.0 Å². The van der Waals surface area contributed by atoms with Gasteiger partial charge in [-0.25, -0.2) is 0 Å². The number of carbonyl (C=O) groups is 1. The maximum Gasteiger partial charge on any atom is 0.253 e. The topological polar surface area (TPSA) is 40.5 Å². The van der Waals surface area contributed by atoms with Crippen LogP contribution in [0.3, 0.4) is 0 Å². The van der Waals surface area contributed by atoms with Crippen LogP contribution in [0.2, 0.25) is 0 Å². The van der Waals surface area contributed by atoms with Crippen molar-refractivity contribution < 1.29 is 9.90 Å². The van der Waals surface area contributed by atoms with E-state index in [0.717, 1.165) is 5.56 Å². The fourth-order valence-corrected chi connectivity index (χ4v) is 1.43. The van der Waals surface area contributed by atoms with E-state index in [1.807, 2.05) is 26.8 Å². The lowest BCUT2D eigenvalue weighted by atomic mass is 9.86. The lowest BCUT2D eigenvalue weighted by Gasteiger charge is -2.20. The predicted molar refractivity (Wildman–Crippen MR) is 64.8 cm³/mol. The summed E-state index contributed by atoms with van der Waals surface area (Å²) in [5.74, 6) is 0.0408. The molecule has 1 rings (SSSR count). The van der Waals surface area contributed by atoms with Gasteiger partial charge < -0.3 is 10.0 Å². The smallest absolute Gasteiger partial charge is 0.253 e. The van der Waals surface area contributed by atoms with Crippen LogP contribution in [-0.4, -0.2) is 30.0 Å². The van der Waals surface area contributed by atoms with E-state index in [1.54, 1.807) is 20.2 Å². The molecule has 0 aromatic heterocycles. The molecule has 0 aliphatic carbocycles. The standard InChI is InChI=1S/C13H19NO2/c1-13(2,3)10-6-9(7-11(15)8-10)12(16)14(4)5/h6-8,15H,1-5H3. The van der Waals surface area contributed by atoms with Gasteiger partial charge in [0.1, 0.15) is 5.75 Å². The molecule has 0 fully saturated rings. The second-order valence-corrected chi connectivity index (χ2v) is 5.22. The number of hydrogen-bond donors (Lipinski definition) is 1. The van der Waals surface area contributed by atoms with Crippen LogP contribution in [-0.2, 0) is 5.41 Å². The fraction of sp³-hybridized carbons (Fsp3) is 0.462. The predicted octanol–water partition coefficient (Wildman–Crippen LogP) is 2.39. The molecule has 0 bridgehead atoms. The number of phenols is 1. The molecule has 1 aromatic rings. The van der Waals surface area contributed by atoms with Crippen LogP contribution in [0.5, 0.6) is 5.75 Å². The van der Waals surface area contributed by atoms with Gasteiger partial charge >= 0.3 is 0 Å². The van der Waals surface area contributed by atoms with Crippen molar-refractivity contribution in [3.05, 3.63) is 29.3 Å². The van der Waals surface area contributed by atoms with Crippen molar-refractivity contribution >= 4 is 5.91 Å².